The van der Waals surface area contributed by atoms with Gasteiger partial charge < -0.3 is 20.3 Å². The average Bonchev–Trinajstić information content (AvgIpc) is 2.88. The Morgan fingerprint density at radius 2 is 2.05 bits per heavy atom. The summed E-state index contributed by atoms with van der Waals surface area (Å²) in [6.45, 7) is 1.56. The lowest BCUT2D eigenvalue weighted by Gasteiger charge is -2.17. The molecule has 1 heterocycles. The first-order valence-electron chi connectivity index (χ1n) is 6.10. The largest absolute Gasteiger partial charge is 0.497 e. The third-order valence-corrected chi connectivity index (χ3v) is 3.23. The van der Waals surface area contributed by atoms with E-state index in [9.17, 15) is 4.79 Å². The highest BCUT2D eigenvalue weighted by atomic mass is 35.5. The van der Waals surface area contributed by atoms with Gasteiger partial charge in [-0.3, -0.25) is 0 Å². The van der Waals surface area contributed by atoms with Gasteiger partial charge in [0.2, 0.25) is 0 Å². The van der Waals surface area contributed by atoms with E-state index in [2.05, 4.69) is 10.6 Å². The second kappa shape index (κ2) is 7.21. The molecule has 6 heteroatoms. The van der Waals surface area contributed by atoms with Gasteiger partial charge in [-0.1, -0.05) is 0 Å². The quantitative estimate of drug-likeness (QED) is 0.892. The predicted molar refractivity (Wildman–Crippen MR) is 78.3 cm³/mol. The van der Waals surface area contributed by atoms with E-state index in [4.69, 9.17) is 4.74 Å². The number of nitrogens with zero attached hydrogens (tertiary/aromatic N) is 1. The third-order valence-electron chi connectivity index (χ3n) is 3.23. The fourth-order valence-corrected chi connectivity index (χ4v) is 2.06. The van der Waals surface area contributed by atoms with Gasteiger partial charge in [0.25, 0.3) is 0 Å². The van der Waals surface area contributed by atoms with Gasteiger partial charge >= 0.3 is 6.03 Å². The summed E-state index contributed by atoms with van der Waals surface area (Å²) in [5.74, 6) is 0.782. The molecule has 1 aliphatic heterocycles. The fraction of sp³-hybridized carbons (Fsp3) is 0.462. The minimum Gasteiger partial charge on any atom is -0.497 e. The van der Waals surface area contributed by atoms with Crippen molar-refractivity contribution >= 4 is 24.1 Å². The molecule has 0 radical (unpaired) electrons. The third kappa shape index (κ3) is 4.01. The van der Waals surface area contributed by atoms with E-state index in [-0.39, 0.29) is 18.4 Å². The number of methoxy groups -OCH3 is 1. The number of ether oxygens (including phenoxy) is 1. The van der Waals surface area contributed by atoms with E-state index < -0.39 is 0 Å². The van der Waals surface area contributed by atoms with Crippen LogP contribution in [-0.2, 0) is 0 Å². The Kier molecular flexibility index (Phi) is 5.92. The van der Waals surface area contributed by atoms with Crippen molar-refractivity contribution in [3.63, 3.8) is 0 Å². The highest BCUT2D eigenvalue weighted by Crippen LogP contribution is 2.16. The first kappa shape index (κ1) is 15.6. The Bertz CT molecular complexity index is 411. The minimum atomic E-state index is -0.0436. The molecule has 2 amide bonds. The van der Waals surface area contributed by atoms with Crippen LogP contribution in [0.5, 0.6) is 5.75 Å². The molecule has 0 aliphatic carbocycles. The Morgan fingerprint density at radius 1 is 1.37 bits per heavy atom. The summed E-state index contributed by atoms with van der Waals surface area (Å²) >= 11 is 0. The fourth-order valence-electron chi connectivity index (χ4n) is 2.06. The van der Waals surface area contributed by atoms with Crippen LogP contribution in [0.15, 0.2) is 24.3 Å². The molecule has 5 nitrogen and oxygen atoms in total. The van der Waals surface area contributed by atoms with E-state index in [0.717, 1.165) is 30.9 Å². The maximum atomic E-state index is 12.0. The summed E-state index contributed by atoms with van der Waals surface area (Å²) in [5, 5.41) is 6.07. The number of amides is 2. The zero-order valence-electron chi connectivity index (χ0n) is 11.2. The number of carbonyl (C=O) groups is 1. The maximum absolute atomic E-state index is 12.0. The highest BCUT2D eigenvalue weighted by molar-refractivity contribution is 5.89. The van der Waals surface area contributed by atoms with Crippen LogP contribution >= 0.6 is 12.4 Å². The standard InChI is InChI=1S/C13H19N3O2.ClH/c1-14-11-7-8-16(9-11)13(17)15-10-3-5-12(18-2)6-4-10;/h3-6,11,14H,7-9H2,1-2H3,(H,15,17);1H. The number of carbonyl (C=O) groups excluding carboxylic acids is 1. The lowest BCUT2D eigenvalue weighted by Crippen LogP contribution is -2.36. The van der Waals surface area contributed by atoms with Crippen molar-refractivity contribution in [2.24, 2.45) is 0 Å². The van der Waals surface area contributed by atoms with Crippen LogP contribution in [0.2, 0.25) is 0 Å². The van der Waals surface area contributed by atoms with Crippen molar-refractivity contribution < 1.29 is 9.53 Å². The molecule has 2 rings (SSSR count). The molecule has 1 atom stereocenters. The van der Waals surface area contributed by atoms with Crippen LogP contribution in [0.25, 0.3) is 0 Å². The molecule has 1 aromatic carbocycles. The zero-order valence-corrected chi connectivity index (χ0v) is 12.0. The smallest absolute Gasteiger partial charge is 0.321 e. The molecule has 1 aromatic rings. The second-order valence-electron chi connectivity index (χ2n) is 4.38. The first-order chi connectivity index (χ1) is 8.72. The van der Waals surface area contributed by atoms with E-state index in [1.165, 1.54) is 0 Å². The molecule has 1 fully saturated rings. The summed E-state index contributed by atoms with van der Waals surface area (Å²) < 4.78 is 5.07. The molecule has 0 saturated carbocycles. The van der Waals surface area contributed by atoms with Gasteiger partial charge in [-0.2, -0.15) is 0 Å². The number of anilines is 1. The van der Waals surface area contributed by atoms with Crippen molar-refractivity contribution in [3.05, 3.63) is 24.3 Å². The highest BCUT2D eigenvalue weighted by Gasteiger charge is 2.24. The average molecular weight is 286 g/mol. The Labute approximate surface area is 119 Å². The van der Waals surface area contributed by atoms with Crippen molar-refractivity contribution in [1.82, 2.24) is 10.2 Å². The van der Waals surface area contributed by atoms with E-state index in [1.54, 1.807) is 7.11 Å². The van der Waals surface area contributed by atoms with Crippen LogP contribution in [0.3, 0.4) is 0 Å². The SMILES string of the molecule is CNC1CCN(C(=O)Nc2ccc(OC)cc2)C1.Cl. The number of hydrogen-bond donors (Lipinski definition) is 2. The lowest BCUT2D eigenvalue weighted by molar-refractivity contribution is 0.221. The molecule has 1 aliphatic rings. The van der Waals surface area contributed by atoms with Crippen molar-refractivity contribution in [2.45, 2.75) is 12.5 Å². The molecular formula is C13H20ClN3O2. The number of rotatable bonds is 3. The monoisotopic (exact) mass is 285 g/mol. The van der Waals surface area contributed by atoms with Gasteiger partial charge in [0.15, 0.2) is 0 Å². The molecule has 0 aromatic heterocycles. The molecule has 2 N–H and O–H groups in total. The van der Waals surface area contributed by atoms with Gasteiger partial charge in [-0.25, -0.2) is 4.79 Å². The zero-order chi connectivity index (χ0) is 13.0. The number of urea groups is 1. The Hall–Kier alpha value is -1.46. The van der Waals surface area contributed by atoms with Crippen molar-refractivity contribution in [1.29, 1.82) is 0 Å². The Morgan fingerprint density at radius 3 is 2.58 bits per heavy atom. The number of halogens is 1. The lowest BCUT2D eigenvalue weighted by atomic mass is 10.3. The summed E-state index contributed by atoms with van der Waals surface area (Å²) in [7, 11) is 3.55. The van der Waals surface area contributed by atoms with Crippen LogP contribution < -0.4 is 15.4 Å². The van der Waals surface area contributed by atoms with Crippen LogP contribution in [0.1, 0.15) is 6.42 Å². The van der Waals surface area contributed by atoms with Gasteiger partial charge in [0.05, 0.1) is 7.11 Å². The van der Waals surface area contributed by atoms with Crippen LogP contribution in [-0.4, -0.2) is 44.2 Å². The van der Waals surface area contributed by atoms with Gasteiger partial charge in [0.1, 0.15) is 5.75 Å². The molecule has 0 spiro atoms. The molecule has 19 heavy (non-hydrogen) atoms. The minimum absolute atomic E-state index is 0. The first-order valence-corrected chi connectivity index (χ1v) is 6.10. The van der Waals surface area contributed by atoms with Crippen LogP contribution in [0, 0.1) is 0 Å². The molecule has 1 unspecified atom stereocenters. The van der Waals surface area contributed by atoms with E-state index >= 15 is 0 Å². The summed E-state index contributed by atoms with van der Waals surface area (Å²) in [5.41, 5.74) is 0.786. The number of hydrogen-bond acceptors (Lipinski definition) is 3. The number of nitrogens with one attached hydrogen (secondary N) is 2. The van der Waals surface area contributed by atoms with Gasteiger partial charge in [0, 0.05) is 24.8 Å². The molecule has 106 valence electrons. The summed E-state index contributed by atoms with van der Waals surface area (Å²) in [4.78, 5) is 13.8. The van der Waals surface area contributed by atoms with E-state index in [1.807, 2.05) is 36.2 Å². The summed E-state index contributed by atoms with van der Waals surface area (Å²) in [6, 6.07) is 7.70. The van der Waals surface area contributed by atoms with Crippen molar-refractivity contribution in [3.8, 4) is 5.75 Å². The summed E-state index contributed by atoms with van der Waals surface area (Å²) in [6.07, 6.45) is 1.01. The second-order valence-corrected chi connectivity index (χ2v) is 4.38. The number of likely N-dealkylation sites (N-methyl/N-ethyl adjacent to an activating group) is 1. The predicted octanol–water partition coefficient (Wildman–Crippen LogP) is 1.94. The Balaban J connectivity index is 0.00000180. The van der Waals surface area contributed by atoms with Gasteiger partial charge in [-0.15, -0.1) is 12.4 Å². The topological polar surface area (TPSA) is 53.6 Å². The van der Waals surface area contributed by atoms with Crippen LogP contribution in [0.4, 0.5) is 10.5 Å². The number of likely N-dealkylation sites (tertiary alicyclic amines) is 1. The van der Waals surface area contributed by atoms with Crippen molar-refractivity contribution in [2.75, 3.05) is 32.6 Å². The molecule has 1 saturated heterocycles. The normalized spacial score (nSPS) is 17.8. The molecule has 0 bridgehead atoms. The van der Waals surface area contributed by atoms with E-state index in [0.29, 0.717) is 6.04 Å². The maximum Gasteiger partial charge on any atom is 0.321 e. The number of benzene rings is 1. The molecular weight excluding hydrogens is 266 g/mol. The van der Waals surface area contributed by atoms with Gasteiger partial charge in [-0.05, 0) is 37.7 Å².